The molecule has 2 aliphatic heterocycles. The van der Waals surface area contributed by atoms with E-state index < -0.39 is 35.7 Å². The second-order valence-electron chi connectivity index (χ2n) is 7.18. The Bertz CT molecular complexity index is 1090. The number of carboxylic acids is 1. The molecule has 0 aliphatic carbocycles. The van der Waals surface area contributed by atoms with Crippen molar-refractivity contribution in [3.63, 3.8) is 0 Å². The highest BCUT2D eigenvalue weighted by atomic mass is 35.5. The summed E-state index contributed by atoms with van der Waals surface area (Å²) >= 11 is 6.09. The molecule has 8 heteroatoms. The van der Waals surface area contributed by atoms with Crippen molar-refractivity contribution in [2.75, 3.05) is 18.0 Å². The van der Waals surface area contributed by atoms with Gasteiger partial charge in [-0.3, -0.25) is 29.0 Å². The summed E-state index contributed by atoms with van der Waals surface area (Å²) in [5.74, 6) is 2.54. The summed E-state index contributed by atoms with van der Waals surface area (Å²) in [5, 5.41) is 9.50. The van der Waals surface area contributed by atoms with Crippen LogP contribution in [0.25, 0.3) is 0 Å². The normalized spacial score (nSPS) is 20.6. The molecule has 1 atom stereocenters. The van der Waals surface area contributed by atoms with E-state index in [0.717, 1.165) is 21.8 Å². The van der Waals surface area contributed by atoms with Crippen LogP contribution >= 0.6 is 11.6 Å². The molecule has 160 valence electrons. The summed E-state index contributed by atoms with van der Waals surface area (Å²) in [5.41, 5.74) is -0.520. The van der Waals surface area contributed by atoms with E-state index in [1.54, 1.807) is 0 Å². The zero-order valence-corrected chi connectivity index (χ0v) is 17.9. The lowest BCUT2D eigenvalue weighted by molar-refractivity contribution is -0.142. The van der Waals surface area contributed by atoms with Crippen molar-refractivity contribution in [2.45, 2.75) is 32.1 Å². The molecule has 3 amide bonds. The van der Waals surface area contributed by atoms with Gasteiger partial charge in [-0.1, -0.05) is 48.6 Å². The molecule has 1 N–H and O–H groups in total. The molecule has 1 unspecified atom stereocenters. The van der Waals surface area contributed by atoms with Crippen molar-refractivity contribution in [2.24, 2.45) is 0 Å². The van der Waals surface area contributed by atoms with Gasteiger partial charge in [0.1, 0.15) is 6.54 Å². The van der Waals surface area contributed by atoms with E-state index >= 15 is 0 Å². The zero-order chi connectivity index (χ0) is 22.8. The van der Waals surface area contributed by atoms with Crippen LogP contribution in [0.5, 0.6) is 0 Å². The molecule has 0 radical (unpaired) electrons. The molecule has 1 aromatic rings. The second kappa shape index (κ2) is 8.78. The van der Waals surface area contributed by atoms with Crippen LogP contribution in [-0.4, -0.2) is 46.8 Å². The number of fused-ring (bicyclic) bond motifs is 2. The molecule has 1 spiro atoms. The topological polar surface area (TPSA) is 95.0 Å². The van der Waals surface area contributed by atoms with E-state index in [4.69, 9.17) is 11.6 Å². The van der Waals surface area contributed by atoms with Gasteiger partial charge < -0.3 is 5.11 Å². The quantitative estimate of drug-likeness (QED) is 0.329. The monoisotopic (exact) mass is 440 g/mol. The minimum Gasteiger partial charge on any atom is -0.480 e. The molecule has 2 aliphatic rings. The molecular formula is C23H21ClN2O5. The summed E-state index contributed by atoms with van der Waals surface area (Å²) in [6.45, 7) is 3.05. The number of imide groups is 1. The first-order valence-electron chi connectivity index (χ1n) is 9.76. The predicted octanol–water partition coefficient (Wildman–Crippen LogP) is 2.68. The number of hydrogen-bond acceptors (Lipinski definition) is 4. The van der Waals surface area contributed by atoms with E-state index in [1.165, 1.54) is 18.2 Å². The van der Waals surface area contributed by atoms with Crippen molar-refractivity contribution >= 4 is 41.0 Å². The number of hydrogen-bond donors (Lipinski definition) is 1. The highest BCUT2D eigenvalue weighted by molar-refractivity contribution is 6.33. The fourth-order valence-electron chi connectivity index (χ4n) is 3.89. The summed E-state index contributed by atoms with van der Waals surface area (Å²) in [7, 11) is 0. The number of anilines is 1. The molecule has 3 rings (SSSR count). The third-order valence-corrected chi connectivity index (χ3v) is 5.42. The number of carbonyl (C=O) groups excluding carboxylic acids is 3. The first-order valence-corrected chi connectivity index (χ1v) is 10.1. The fraction of sp³-hybridized carbons (Fsp3) is 0.304. The molecule has 1 fully saturated rings. The van der Waals surface area contributed by atoms with Gasteiger partial charge in [0.05, 0.1) is 13.0 Å². The molecule has 0 aromatic heterocycles. The molecule has 1 saturated heterocycles. The number of carbonyl (C=O) groups is 4. The van der Waals surface area contributed by atoms with Gasteiger partial charge in [0.25, 0.3) is 5.91 Å². The van der Waals surface area contributed by atoms with Crippen LogP contribution < -0.4 is 4.90 Å². The third kappa shape index (κ3) is 3.87. The van der Waals surface area contributed by atoms with E-state index in [2.05, 4.69) is 11.8 Å². The maximum atomic E-state index is 13.4. The van der Waals surface area contributed by atoms with Gasteiger partial charge in [-0.15, -0.1) is 0 Å². The van der Waals surface area contributed by atoms with Crippen molar-refractivity contribution in [3.8, 4) is 11.8 Å². The van der Waals surface area contributed by atoms with Crippen LogP contribution in [-0.2, 0) is 24.6 Å². The Labute approximate surface area is 185 Å². The van der Waals surface area contributed by atoms with Gasteiger partial charge in [-0.25, -0.2) is 0 Å². The van der Waals surface area contributed by atoms with Crippen molar-refractivity contribution in [1.82, 2.24) is 4.90 Å². The minimum atomic E-state index is -1.81. The number of rotatable bonds is 5. The highest BCUT2D eigenvalue weighted by Gasteiger charge is 2.63. The van der Waals surface area contributed by atoms with Crippen LogP contribution in [0.1, 0.15) is 32.3 Å². The number of halogens is 1. The second-order valence-corrected chi connectivity index (χ2v) is 7.62. The Balaban J connectivity index is 1.99. The number of likely N-dealkylation sites (tertiary alicyclic amines) is 1. The van der Waals surface area contributed by atoms with Gasteiger partial charge >= 0.3 is 5.97 Å². The molecule has 0 bridgehead atoms. The summed E-state index contributed by atoms with van der Waals surface area (Å²) in [6, 6.07) is 4.45. The first-order chi connectivity index (χ1) is 14.8. The lowest BCUT2D eigenvalue weighted by Gasteiger charge is -2.21. The number of amides is 3. The maximum absolute atomic E-state index is 13.4. The van der Waals surface area contributed by atoms with Crippen LogP contribution in [0, 0.1) is 11.8 Å². The van der Waals surface area contributed by atoms with E-state index in [1.807, 2.05) is 32.1 Å². The van der Waals surface area contributed by atoms with Gasteiger partial charge in [0.2, 0.25) is 11.8 Å². The summed E-state index contributed by atoms with van der Waals surface area (Å²) in [6.07, 6.45) is 5.98. The lowest BCUT2D eigenvalue weighted by Crippen LogP contribution is -2.47. The Morgan fingerprint density at radius 1 is 1.26 bits per heavy atom. The Morgan fingerprint density at radius 2 is 1.97 bits per heavy atom. The largest absolute Gasteiger partial charge is 0.480 e. The van der Waals surface area contributed by atoms with Crippen LogP contribution in [0.2, 0.25) is 5.02 Å². The number of carboxylic acid groups (broad SMARTS) is 1. The highest BCUT2D eigenvalue weighted by Crippen LogP contribution is 2.49. The van der Waals surface area contributed by atoms with Crippen molar-refractivity contribution in [1.29, 1.82) is 0 Å². The first kappa shape index (κ1) is 22.3. The summed E-state index contributed by atoms with van der Waals surface area (Å²) < 4.78 is 0. The molecule has 2 heterocycles. The predicted molar refractivity (Wildman–Crippen MR) is 115 cm³/mol. The van der Waals surface area contributed by atoms with Gasteiger partial charge in [-0.05, 0) is 31.5 Å². The van der Waals surface area contributed by atoms with Crippen LogP contribution in [0.15, 0.2) is 42.0 Å². The molecule has 7 nitrogen and oxygen atoms in total. The van der Waals surface area contributed by atoms with Gasteiger partial charge in [-0.2, -0.15) is 0 Å². The van der Waals surface area contributed by atoms with E-state index in [-0.39, 0.29) is 29.2 Å². The molecule has 0 saturated carbocycles. The smallest absolute Gasteiger partial charge is 0.323 e. The Kier molecular flexibility index (Phi) is 6.32. The number of benzene rings is 1. The average molecular weight is 441 g/mol. The standard InChI is InChI=1S/C23H21ClN2O5/c1-3-6-15(7-4-2)8-5-11-25-19(27)13-23(21(25)30)17-12-16(24)9-10-18(17)26(22(23)31)14-20(28)29/h3,6-7,9-10,12H,4,11,13-14H2,1-2H3,(H,28,29)/b6-3-,15-7+. The van der Waals surface area contributed by atoms with E-state index in [0.29, 0.717) is 0 Å². The number of allylic oxidation sites excluding steroid dienone is 4. The summed E-state index contributed by atoms with van der Waals surface area (Å²) in [4.78, 5) is 52.6. The Morgan fingerprint density at radius 3 is 2.61 bits per heavy atom. The Hall–Kier alpha value is -3.37. The molecule has 1 aromatic carbocycles. The number of nitrogens with zero attached hydrogens (tertiary/aromatic N) is 2. The number of aliphatic carboxylic acids is 1. The SMILES string of the molecule is C/C=C\C(C#CCN1C(=O)CC2(C1=O)C(=O)N(CC(=O)O)c1ccc(Cl)cc12)=C/CC. The third-order valence-electron chi connectivity index (χ3n) is 5.18. The fourth-order valence-corrected chi connectivity index (χ4v) is 4.06. The average Bonchev–Trinajstić information content (AvgIpc) is 3.09. The maximum Gasteiger partial charge on any atom is 0.323 e. The van der Waals surface area contributed by atoms with Gasteiger partial charge in [0, 0.05) is 21.8 Å². The van der Waals surface area contributed by atoms with Gasteiger partial charge in [0.15, 0.2) is 5.41 Å². The molecule has 31 heavy (non-hydrogen) atoms. The van der Waals surface area contributed by atoms with Crippen LogP contribution in [0.3, 0.4) is 0 Å². The molecular weight excluding hydrogens is 420 g/mol. The van der Waals surface area contributed by atoms with Crippen LogP contribution in [0.4, 0.5) is 5.69 Å². The zero-order valence-electron chi connectivity index (χ0n) is 17.1. The van der Waals surface area contributed by atoms with E-state index in [9.17, 15) is 24.3 Å². The minimum absolute atomic E-state index is 0.167. The van der Waals surface area contributed by atoms with Crippen molar-refractivity contribution < 1.29 is 24.3 Å². The lowest BCUT2D eigenvalue weighted by atomic mass is 9.80. The van der Waals surface area contributed by atoms with Crippen molar-refractivity contribution in [3.05, 3.63) is 52.6 Å².